The van der Waals surface area contributed by atoms with Gasteiger partial charge in [-0.1, -0.05) is 0 Å². The summed E-state index contributed by atoms with van der Waals surface area (Å²) in [5.74, 6) is -9.60. The molecule has 0 aliphatic rings. The van der Waals surface area contributed by atoms with Gasteiger partial charge in [0, 0.05) is 0 Å². The Bertz CT molecular complexity index is 475. The SMILES string of the molecule is O=C(O)CC(OC(=O)CC(=O)OC(CC(=O)O)C(=O)O)C(=O)O. The Morgan fingerprint density at radius 1 is 0.652 bits per heavy atom. The molecule has 12 heteroatoms. The lowest BCUT2D eigenvalue weighted by molar-refractivity contribution is -0.174. The Balaban J connectivity index is 4.60. The number of carbonyl (C=O) groups is 6. The Morgan fingerprint density at radius 2 is 0.957 bits per heavy atom. The third-order valence-corrected chi connectivity index (χ3v) is 2.11. The largest absolute Gasteiger partial charge is 0.481 e. The van der Waals surface area contributed by atoms with E-state index >= 15 is 0 Å². The van der Waals surface area contributed by atoms with Crippen LogP contribution in [0.25, 0.3) is 0 Å². The van der Waals surface area contributed by atoms with Gasteiger partial charge in [-0.25, -0.2) is 9.59 Å². The number of ether oxygens (including phenoxy) is 2. The zero-order valence-corrected chi connectivity index (χ0v) is 11.3. The van der Waals surface area contributed by atoms with E-state index in [-0.39, 0.29) is 0 Å². The summed E-state index contributed by atoms with van der Waals surface area (Å²) in [6.07, 6.45) is -7.39. The van der Waals surface area contributed by atoms with Crippen LogP contribution in [-0.2, 0) is 38.2 Å². The number of hydrogen-bond acceptors (Lipinski definition) is 8. The van der Waals surface area contributed by atoms with Crippen LogP contribution in [0.2, 0.25) is 0 Å². The van der Waals surface area contributed by atoms with E-state index in [0.717, 1.165) is 0 Å². The molecule has 2 unspecified atom stereocenters. The number of hydrogen-bond donors (Lipinski definition) is 4. The van der Waals surface area contributed by atoms with E-state index in [1.165, 1.54) is 0 Å². The molecule has 0 aromatic rings. The highest BCUT2D eigenvalue weighted by Crippen LogP contribution is 2.06. The van der Waals surface area contributed by atoms with Crippen LogP contribution in [0.3, 0.4) is 0 Å². The Morgan fingerprint density at radius 3 is 1.17 bits per heavy atom. The van der Waals surface area contributed by atoms with E-state index in [1.807, 2.05) is 0 Å². The highest BCUT2D eigenvalue weighted by molar-refractivity contribution is 5.94. The van der Waals surface area contributed by atoms with E-state index < -0.39 is 67.3 Å². The molecule has 0 rings (SSSR count). The maximum Gasteiger partial charge on any atom is 0.345 e. The molecule has 4 N–H and O–H groups in total. The number of carboxylic acids is 4. The molecular weight excluding hydrogens is 324 g/mol. The maximum absolute atomic E-state index is 11.3. The van der Waals surface area contributed by atoms with Gasteiger partial charge in [-0.05, 0) is 0 Å². The van der Waals surface area contributed by atoms with E-state index in [9.17, 15) is 28.8 Å². The number of rotatable bonds is 10. The third-order valence-electron chi connectivity index (χ3n) is 2.11. The molecular formula is C11H12O12. The zero-order chi connectivity index (χ0) is 18.2. The lowest BCUT2D eigenvalue weighted by Crippen LogP contribution is -2.33. The van der Waals surface area contributed by atoms with Crippen molar-refractivity contribution in [2.24, 2.45) is 0 Å². The van der Waals surface area contributed by atoms with Crippen molar-refractivity contribution < 1.29 is 58.7 Å². The van der Waals surface area contributed by atoms with Crippen LogP contribution >= 0.6 is 0 Å². The first kappa shape index (κ1) is 19.8. The van der Waals surface area contributed by atoms with Crippen LogP contribution in [0.15, 0.2) is 0 Å². The van der Waals surface area contributed by atoms with Crippen LogP contribution in [0.5, 0.6) is 0 Å². The molecule has 0 aliphatic heterocycles. The summed E-state index contributed by atoms with van der Waals surface area (Å²) in [4.78, 5) is 64.6. The molecule has 0 aromatic heterocycles. The molecule has 0 radical (unpaired) electrons. The number of carbonyl (C=O) groups excluding carboxylic acids is 2. The van der Waals surface area contributed by atoms with Crippen molar-refractivity contribution in [2.45, 2.75) is 31.5 Å². The van der Waals surface area contributed by atoms with Gasteiger partial charge >= 0.3 is 35.8 Å². The minimum Gasteiger partial charge on any atom is -0.481 e. The predicted molar refractivity (Wildman–Crippen MR) is 64.2 cm³/mol. The second-order valence-corrected chi connectivity index (χ2v) is 4.01. The standard InChI is InChI=1S/C11H12O12/c12-6(13)1-4(10(18)19)22-8(16)3-9(17)23-5(11(20)21)2-7(14)15/h4-5H,1-3H2,(H,12,13)(H,14,15)(H,18,19)(H,20,21). The Kier molecular flexibility index (Phi) is 7.72. The second kappa shape index (κ2) is 8.96. The van der Waals surface area contributed by atoms with Gasteiger partial charge in [0.1, 0.15) is 6.42 Å². The third kappa shape index (κ3) is 8.64. The molecule has 0 saturated carbocycles. The zero-order valence-electron chi connectivity index (χ0n) is 11.3. The molecule has 0 aliphatic carbocycles. The van der Waals surface area contributed by atoms with Crippen molar-refractivity contribution in [3.8, 4) is 0 Å². The minimum absolute atomic E-state index is 1.05. The lowest BCUT2D eigenvalue weighted by Gasteiger charge is -2.13. The van der Waals surface area contributed by atoms with Gasteiger partial charge in [-0.15, -0.1) is 0 Å². The molecule has 0 amide bonds. The van der Waals surface area contributed by atoms with Crippen LogP contribution in [0.1, 0.15) is 19.3 Å². The summed E-state index contributed by atoms with van der Waals surface area (Å²) >= 11 is 0. The first-order chi connectivity index (χ1) is 10.5. The Labute approximate surface area is 127 Å². The normalized spacial score (nSPS) is 12.5. The molecule has 23 heavy (non-hydrogen) atoms. The predicted octanol–water partition coefficient (Wildman–Crippen LogP) is -1.68. The summed E-state index contributed by atoms with van der Waals surface area (Å²) < 4.78 is 8.47. The van der Waals surface area contributed by atoms with Crippen molar-refractivity contribution in [3.63, 3.8) is 0 Å². The molecule has 0 saturated heterocycles. The van der Waals surface area contributed by atoms with Crippen molar-refractivity contribution in [3.05, 3.63) is 0 Å². The van der Waals surface area contributed by atoms with Crippen LogP contribution in [-0.4, -0.2) is 68.4 Å². The molecule has 2 atom stereocenters. The Hall–Kier alpha value is -3.18. The quantitative estimate of drug-likeness (QED) is 0.261. The first-order valence-electron chi connectivity index (χ1n) is 5.81. The summed E-state index contributed by atoms with van der Waals surface area (Å²) in [5.41, 5.74) is 0. The van der Waals surface area contributed by atoms with Crippen LogP contribution in [0, 0.1) is 0 Å². The molecule has 0 heterocycles. The van der Waals surface area contributed by atoms with Crippen molar-refractivity contribution >= 4 is 35.8 Å². The van der Waals surface area contributed by atoms with E-state index in [4.69, 9.17) is 20.4 Å². The summed E-state index contributed by atoms with van der Waals surface area (Å²) in [6, 6.07) is 0. The second-order valence-electron chi connectivity index (χ2n) is 4.01. The van der Waals surface area contributed by atoms with Gasteiger partial charge < -0.3 is 29.9 Å². The van der Waals surface area contributed by atoms with Crippen molar-refractivity contribution in [1.82, 2.24) is 0 Å². The molecule has 0 spiro atoms. The maximum atomic E-state index is 11.3. The highest BCUT2D eigenvalue weighted by Gasteiger charge is 2.29. The van der Waals surface area contributed by atoms with Gasteiger partial charge in [0.05, 0.1) is 12.8 Å². The van der Waals surface area contributed by atoms with Crippen LogP contribution in [0.4, 0.5) is 0 Å². The molecule has 0 aromatic carbocycles. The smallest absolute Gasteiger partial charge is 0.345 e. The fourth-order valence-corrected chi connectivity index (χ4v) is 1.19. The monoisotopic (exact) mass is 336 g/mol. The average molecular weight is 336 g/mol. The fraction of sp³-hybridized carbons (Fsp3) is 0.455. The van der Waals surface area contributed by atoms with Crippen LogP contribution < -0.4 is 0 Å². The van der Waals surface area contributed by atoms with E-state index in [1.54, 1.807) is 0 Å². The van der Waals surface area contributed by atoms with Crippen molar-refractivity contribution in [2.75, 3.05) is 0 Å². The molecule has 0 bridgehead atoms. The van der Waals surface area contributed by atoms with Gasteiger partial charge in [0.2, 0.25) is 12.2 Å². The number of carboxylic acid groups (broad SMARTS) is 4. The number of aliphatic carboxylic acids is 4. The first-order valence-corrected chi connectivity index (χ1v) is 5.81. The molecule has 0 fully saturated rings. The van der Waals surface area contributed by atoms with Crippen molar-refractivity contribution in [1.29, 1.82) is 0 Å². The lowest BCUT2D eigenvalue weighted by atomic mass is 10.2. The van der Waals surface area contributed by atoms with Gasteiger partial charge in [0.15, 0.2) is 0 Å². The van der Waals surface area contributed by atoms with E-state index in [2.05, 4.69) is 9.47 Å². The summed E-state index contributed by atoms with van der Waals surface area (Å²) in [6.45, 7) is 0. The molecule has 12 nitrogen and oxygen atoms in total. The van der Waals surface area contributed by atoms with E-state index in [0.29, 0.717) is 0 Å². The topological polar surface area (TPSA) is 202 Å². The van der Waals surface area contributed by atoms with Gasteiger partial charge in [0.25, 0.3) is 0 Å². The fourth-order valence-electron chi connectivity index (χ4n) is 1.19. The number of esters is 2. The highest BCUT2D eigenvalue weighted by atomic mass is 16.6. The average Bonchev–Trinajstić information content (AvgIpc) is 2.35. The summed E-state index contributed by atoms with van der Waals surface area (Å²) in [5, 5.41) is 34.1. The molecule has 128 valence electrons. The van der Waals surface area contributed by atoms with Gasteiger partial charge in [-0.3, -0.25) is 19.2 Å². The van der Waals surface area contributed by atoms with Gasteiger partial charge in [-0.2, -0.15) is 0 Å². The minimum atomic E-state index is -2.04. The summed E-state index contributed by atoms with van der Waals surface area (Å²) in [7, 11) is 0.